The predicted octanol–water partition coefficient (Wildman–Crippen LogP) is 18.3. The number of phenols is 1. The molecule has 0 aliphatic heterocycles. The van der Waals surface area contributed by atoms with E-state index < -0.39 is 0 Å². The van der Waals surface area contributed by atoms with Gasteiger partial charge in [-0.1, -0.05) is 155 Å². The number of rotatable bonds is 4. The van der Waals surface area contributed by atoms with Gasteiger partial charge in [-0.05, 0) is 136 Å². The van der Waals surface area contributed by atoms with Crippen molar-refractivity contribution >= 4 is 92.6 Å². The minimum absolute atomic E-state index is 0.0842. The molecule has 0 aliphatic rings. The topological polar surface area (TPSA) is 89.8 Å². The van der Waals surface area contributed by atoms with Crippen LogP contribution in [-0.4, -0.2) is 33.8 Å². The number of hydrogen-bond acceptors (Lipinski definition) is 6. The van der Waals surface area contributed by atoms with Crippen molar-refractivity contribution < 1.29 is 9.84 Å². The van der Waals surface area contributed by atoms with E-state index in [-0.39, 0.29) is 16.6 Å². The van der Waals surface area contributed by atoms with Crippen LogP contribution in [0.4, 0.5) is 0 Å². The van der Waals surface area contributed by atoms with Crippen LogP contribution in [0, 0.1) is 0 Å². The van der Waals surface area contributed by atoms with Gasteiger partial charge < -0.3 is 9.84 Å². The molecule has 14 rings (SSSR count). The average molecular weight is 1070 g/mol. The summed E-state index contributed by atoms with van der Waals surface area (Å²) in [5.74, 6) is 1.88. The Balaban J connectivity index is 0.000000129. The zero-order valence-corrected chi connectivity index (χ0v) is 45.3. The first kappa shape index (κ1) is 49.0. The van der Waals surface area contributed by atoms with Crippen LogP contribution in [0.1, 0.15) is 52.7 Å². The molecule has 8 aromatic carbocycles. The number of fused-ring (bicyclic) bond motifs is 16. The number of hydrogen-bond donors (Lipinski definition) is 1. The van der Waals surface area contributed by atoms with E-state index in [0.717, 1.165) is 115 Å². The van der Waals surface area contributed by atoms with Crippen LogP contribution in [0.3, 0.4) is 0 Å². The number of halogens is 1. The normalized spacial score (nSPS) is 11.9. The van der Waals surface area contributed by atoms with E-state index in [1.54, 1.807) is 12.1 Å². The Hall–Kier alpha value is -8.92. The summed E-state index contributed by atoms with van der Waals surface area (Å²) in [7, 11) is 0. The summed E-state index contributed by atoms with van der Waals surface area (Å²) >= 11 is 3.65. The van der Waals surface area contributed by atoms with Gasteiger partial charge in [0.25, 0.3) is 0 Å². The van der Waals surface area contributed by atoms with Gasteiger partial charge in [0.2, 0.25) is 0 Å². The van der Waals surface area contributed by atoms with Gasteiger partial charge in [-0.2, -0.15) is 0 Å². The van der Waals surface area contributed by atoms with Gasteiger partial charge in [-0.15, -0.1) is 0 Å². The van der Waals surface area contributed by atoms with Crippen molar-refractivity contribution in [2.24, 2.45) is 0 Å². The van der Waals surface area contributed by atoms with Gasteiger partial charge in [0.1, 0.15) is 28.5 Å². The molecule has 0 bridgehead atoms. The van der Waals surface area contributed by atoms with Gasteiger partial charge in [0, 0.05) is 55.1 Å². The number of aromatic nitrogens is 6. The van der Waals surface area contributed by atoms with Gasteiger partial charge in [0.15, 0.2) is 0 Å². The number of imidazole rings is 2. The summed E-state index contributed by atoms with van der Waals surface area (Å²) in [5, 5.41) is 16.6. The summed E-state index contributed by atoms with van der Waals surface area (Å²) in [5.41, 5.74) is 14.9. The molecule has 14 aromatic rings. The number of phenolic OH excluding ortho intramolecular Hbond substituents is 1. The lowest BCUT2D eigenvalue weighted by atomic mass is 9.85. The fourth-order valence-electron chi connectivity index (χ4n) is 10.5. The molecule has 376 valence electrons. The molecular weight excluding hydrogens is 1010 g/mol. The first-order chi connectivity index (χ1) is 37.3. The van der Waals surface area contributed by atoms with Crippen LogP contribution < -0.4 is 4.74 Å². The standard InChI is InChI=1S/C34H27N3O.C19H12N2O.C15H16BrN/c1-34(2,3)27-18-15-22(28-11-8-9-19-35-28)20-32(27)38-23-16-17-24-25-10-4-6-13-30(25)37-31-14-7-5-12-29(31)36-33(37)26(24)21-23;22-12-9-10-13-14-5-1-3-7-17(14)21-18-8-4-2-6-16(18)20-19(21)15(13)11-12;1-15(2,3)12-8-7-11(10-13(12)16)14-6-4-5-9-17-14/h4-21H,1-3H3;1-11,22H;4-10H,1-3H3. The lowest BCUT2D eigenvalue weighted by Crippen LogP contribution is -2.12. The molecule has 9 heteroatoms. The van der Waals surface area contributed by atoms with E-state index in [0.29, 0.717) is 0 Å². The fraction of sp³-hybridized carbons (Fsp3) is 0.118. The molecule has 77 heavy (non-hydrogen) atoms. The second-order valence-corrected chi connectivity index (χ2v) is 22.3. The molecule has 6 aromatic heterocycles. The van der Waals surface area contributed by atoms with Crippen molar-refractivity contribution in [3.8, 4) is 39.8 Å². The van der Waals surface area contributed by atoms with E-state index >= 15 is 0 Å². The van der Waals surface area contributed by atoms with Crippen LogP contribution in [0.2, 0.25) is 0 Å². The second-order valence-electron chi connectivity index (χ2n) is 21.4. The van der Waals surface area contributed by atoms with Crippen LogP contribution in [0.15, 0.2) is 223 Å². The molecule has 0 saturated heterocycles. The molecule has 8 nitrogen and oxygen atoms in total. The first-order valence-corrected chi connectivity index (χ1v) is 26.7. The highest BCUT2D eigenvalue weighted by molar-refractivity contribution is 9.10. The van der Waals surface area contributed by atoms with Gasteiger partial charge in [0.05, 0.1) is 44.5 Å². The van der Waals surface area contributed by atoms with Crippen molar-refractivity contribution in [3.05, 3.63) is 234 Å². The third kappa shape index (κ3) is 9.27. The summed E-state index contributed by atoms with van der Waals surface area (Å²) in [6.45, 7) is 13.3. The number of ether oxygens (including phenoxy) is 1. The van der Waals surface area contributed by atoms with Crippen molar-refractivity contribution in [2.75, 3.05) is 0 Å². The van der Waals surface area contributed by atoms with E-state index in [9.17, 15) is 5.11 Å². The number of aromatic hydroxyl groups is 1. The monoisotopic (exact) mass is 1070 g/mol. The molecule has 0 spiro atoms. The minimum atomic E-state index is -0.0842. The highest BCUT2D eigenvalue weighted by atomic mass is 79.9. The van der Waals surface area contributed by atoms with Crippen molar-refractivity contribution in [1.29, 1.82) is 0 Å². The van der Waals surface area contributed by atoms with E-state index in [4.69, 9.17) is 14.7 Å². The SMILES string of the molecule is CC(C)(C)c1ccc(-c2ccccn2)cc1Br.CC(C)(C)c1ccc(-c2ccccn2)cc1Oc1ccc2c3ccccc3n3c4ccccc4nc3c2c1.Oc1ccc2c3ccccc3n3c4ccccc4nc3c2c1. The van der Waals surface area contributed by atoms with Gasteiger partial charge >= 0.3 is 0 Å². The highest BCUT2D eigenvalue weighted by Crippen LogP contribution is 2.41. The Kier molecular flexibility index (Phi) is 12.5. The molecule has 0 radical (unpaired) electrons. The van der Waals surface area contributed by atoms with Crippen molar-refractivity contribution in [2.45, 2.75) is 52.4 Å². The maximum atomic E-state index is 9.90. The summed E-state index contributed by atoms with van der Waals surface area (Å²) in [6, 6.07) is 69.9. The summed E-state index contributed by atoms with van der Waals surface area (Å²) in [4.78, 5) is 18.7. The zero-order chi connectivity index (χ0) is 53.0. The predicted molar refractivity (Wildman–Crippen MR) is 322 cm³/mol. The molecule has 0 amide bonds. The van der Waals surface area contributed by atoms with Crippen LogP contribution in [-0.2, 0) is 10.8 Å². The Bertz CT molecular complexity index is 4540. The molecule has 0 unspecified atom stereocenters. The number of para-hydroxylation sites is 6. The second kappa shape index (κ2) is 19.7. The number of benzene rings is 8. The maximum absolute atomic E-state index is 9.90. The zero-order valence-electron chi connectivity index (χ0n) is 43.7. The molecule has 6 heterocycles. The molecule has 0 aliphatic carbocycles. The lowest BCUT2D eigenvalue weighted by Gasteiger charge is -2.23. The molecule has 1 N–H and O–H groups in total. The lowest BCUT2D eigenvalue weighted by molar-refractivity contribution is 0.456. The van der Waals surface area contributed by atoms with Crippen molar-refractivity contribution in [3.63, 3.8) is 0 Å². The third-order valence-electron chi connectivity index (χ3n) is 14.2. The quantitative estimate of drug-likeness (QED) is 0.177. The highest BCUT2D eigenvalue weighted by Gasteiger charge is 2.22. The third-order valence-corrected chi connectivity index (χ3v) is 14.8. The number of nitrogens with zero attached hydrogens (tertiary/aromatic N) is 6. The summed E-state index contributed by atoms with van der Waals surface area (Å²) < 4.78 is 12.3. The fourth-order valence-corrected chi connectivity index (χ4v) is 11.5. The van der Waals surface area contributed by atoms with Gasteiger partial charge in [-0.3, -0.25) is 18.8 Å². The van der Waals surface area contributed by atoms with E-state index in [2.05, 4.69) is 192 Å². The Labute approximate surface area is 455 Å². The Morgan fingerprint density at radius 2 is 0.883 bits per heavy atom. The average Bonchev–Trinajstić information content (AvgIpc) is 4.21. The number of pyridine rings is 4. The van der Waals surface area contributed by atoms with Crippen LogP contribution in [0.25, 0.3) is 99.2 Å². The maximum Gasteiger partial charge on any atom is 0.146 e. The Morgan fingerprint density at radius 3 is 1.40 bits per heavy atom. The largest absolute Gasteiger partial charge is 0.508 e. The van der Waals surface area contributed by atoms with Crippen molar-refractivity contribution in [1.82, 2.24) is 28.7 Å². The molecule has 0 fully saturated rings. The van der Waals surface area contributed by atoms with Crippen LogP contribution in [0.5, 0.6) is 17.2 Å². The molecular formula is C68H55BrN6O2. The van der Waals surface area contributed by atoms with E-state index in [1.807, 2.05) is 91.3 Å². The van der Waals surface area contributed by atoms with Gasteiger partial charge in [-0.25, -0.2) is 9.97 Å². The summed E-state index contributed by atoms with van der Waals surface area (Å²) in [6.07, 6.45) is 3.64. The van der Waals surface area contributed by atoms with E-state index in [1.165, 1.54) is 10.9 Å². The molecule has 0 saturated carbocycles. The minimum Gasteiger partial charge on any atom is -0.508 e. The Morgan fingerprint density at radius 1 is 0.416 bits per heavy atom. The van der Waals surface area contributed by atoms with Crippen LogP contribution >= 0.6 is 15.9 Å². The molecule has 0 atom stereocenters. The smallest absolute Gasteiger partial charge is 0.146 e. The first-order valence-electron chi connectivity index (χ1n) is 25.9.